The lowest BCUT2D eigenvalue weighted by Gasteiger charge is -2.25. The monoisotopic (exact) mass is 510 g/mol. The van der Waals surface area contributed by atoms with Crippen LogP contribution in [0.2, 0.25) is 0 Å². The second-order valence-electron chi connectivity index (χ2n) is 8.35. The van der Waals surface area contributed by atoms with E-state index in [0.29, 0.717) is 18.0 Å². The van der Waals surface area contributed by atoms with Crippen LogP contribution in [0.15, 0.2) is 66.7 Å². The Morgan fingerprint density at radius 3 is 2.35 bits per heavy atom. The lowest BCUT2D eigenvalue weighted by molar-refractivity contribution is -0.181. The lowest BCUT2D eigenvalue weighted by Crippen LogP contribution is -2.48. The molecule has 0 spiro atoms. The van der Waals surface area contributed by atoms with E-state index in [2.05, 4.69) is 5.32 Å². The molecule has 1 unspecified atom stereocenters. The number of aliphatic carboxylic acids is 1. The van der Waals surface area contributed by atoms with Gasteiger partial charge in [-0.1, -0.05) is 48.5 Å². The molecule has 2 aliphatic heterocycles. The van der Waals surface area contributed by atoms with Crippen molar-refractivity contribution in [2.24, 2.45) is 5.73 Å². The third kappa shape index (κ3) is 7.71. The van der Waals surface area contributed by atoms with Gasteiger partial charge in [0.25, 0.3) is 12.1 Å². The molecule has 2 aromatic rings. The van der Waals surface area contributed by atoms with Crippen molar-refractivity contribution < 1.29 is 33.9 Å². The SMILES string of the molecule is C[C@H](N)C(=O)N1CCC[C@H]1C(=O)Nc1ccccc1.O=C(O)C1OCON1C(=O)C=Cc1ccccc1. The Kier molecular flexibility index (Phi) is 9.90. The first-order valence-electron chi connectivity index (χ1n) is 11.7. The van der Waals surface area contributed by atoms with Crippen LogP contribution >= 0.6 is 0 Å². The van der Waals surface area contributed by atoms with E-state index in [9.17, 15) is 19.2 Å². The van der Waals surface area contributed by atoms with Gasteiger partial charge in [0, 0.05) is 18.3 Å². The van der Waals surface area contributed by atoms with E-state index in [0.717, 1.165) is 17.7 Å². The lowest BCUT2D eigenvalue weighted by atomic mass is 10.2. The van der Waals surface area contributed by atoms with Gasteiger partial charge in [-0.05, 0) is 43.5 Å². The molecule has 3 amide bonds. The molecule has 4 N–H and O–H groups in total. The van der Waals surface area contributed by atoms with E-state index in [1.54, 1.807) is 17.9 Å². The largest absolute Gasteiger partial charge is 0.478 e. The van der Waals surface area contributed by atoms with Gasteiger partial charge >= 0.3 is 5.97 Å². The molecule has 11 heteroatoms. The molecule has 4 rings (SSSR count). The van der Waals surface area contributed by atoms with Crippen LogP contribution in [0.3, 0.4) is 0 Å². The van der Waals surface area contributed by atoms with Gasteiger partial charge in [0.15, 0.2) is 6.79 Å². The Morgan fingerprint density at radius 2 is 1.73 bits per heavy atom. The summed E-state index contributed by atoms with van der Waals surface area (Å²) < 4.78 is 4.75. The molecule has 196 valence electrons. The molecule has 37 heavy (non-hydrogen) atoms. The highest BCUT2D eigenvalue weighted by molar-refractivity contribution is 5.98. The molecule has 0 bridgehead atoms. The Morgan fingerprint density at radius 1 is 1.08 bits per heavy atom. The van der Waals surface area contributed by atoms with E-state index in [4.69, 9.17) is 20.4 Å². The normalized spacial score (nSPS) is 19.7. The number of rotatable bonds is 6. The first kappa shape index (κ1) is 27.5. The number of hydrogen-bond donors (Lipinski definition) is 3. The molecular formula is C26H30N4O7. The fourth-order valence-corrected chi connectivity index (χ4v) is 3.75. The van der Waals surface area contributed by atoms with Crippen LogP contribution < -0.4 is 11.1 Å². The van der Waals surface area contributed by atoms with Gasteiger partial charge in [-0.2, -0.15) is 5.06 Å². The van der Waals surface area contributed by atoms with E-state index in [1.165, 1.54) is 6.08 Å². The highest BCUT2D eigenvalue weighted by atomic mass is 16.9. The first-order chi connectivity index (χ1) is 17.8. The van der Waals surface area contributed by atoms with Gasteiger partial charge in [-0.3, -0.25) is 14.4 Å². The summed E-state index contributed by atoms with van der Waals surface area (Å²) in [6.45, 7) is 2.00. The maximum absolute atomic E-state index is 12.2. The number of para-hydroxylation sites is 1. The van der Waals surface area contributed by atoms with Gasteiger partial charge in [0.2, 0.25) is 11.8 Å². The Labute approximate surface area is 214 Å². The number of hydrogen-bond acceptors (Lipinski definition) is 7. The number of likely N-dealkylation sites (tertiary alicyclic amines) is 1. The van der Waals surface area contributed by atoms with Crippen LogP contribution in [-0.2, 0) is 28.8 Å². The third-order valence-electron chi connectivity index (χ3n) is 5.55. The number of carbonyl (C=O) groups is 4. The van der Waals surface area contributed by atoms with Gasteiger partial charge < -0.3 is 25.8 Å². The minimum absolute atomic E-state index is 0.141. The summed E-state index contributed by atoms with van der Waals surface area (Å²) in [5.41, 5.74) is 7.18. The molecule has 0 saturated carbocycles. The second-order valence-corrected chi connectivity index (χ2v) is 8.35. The topological polar surface area (TPSA) is 152 Å². The summed E-state index contributed by atoms with van der Waals surface area (Å²) in [7, 11) is 0. The summed E-state index contributed by atoms with van der Waals surface area (Å²) in [6.07, 6.45) is 2.95. The number of ether oxygens (including phenoxy) is 1. The molecule has 0 radical (unpaired) electrons. The zero-order valence-electron chi connectivity index (χ0n) is 20.4. The highest BCUT2D eigenvalue weighted by Crippen LogP contribution is 2.20. The average molecular weight is 511 g/mol. The highest BCUT2D eigenvalue weighted by Gasteiger charge is 2.36. The standard InChI is InChI=1S/C14H19N3O2.C12H11NO5/c1-10(15)14(19)17-9-5-8-12(17)13(18)16-11-6-3-2-4-7-11;14-10(7-6-9-4-2-1-3-5-9)13-11(12(15)16)17-8-18-13/h2-4,6-7,10,12H,5,8-9,15H2,1H3,(H,16,18);1-7,11H,8H2,(H,15,16)/t10-,12-;/m0./s1. The number of nitrogens with two attached hydrogens (primary N) is 1. The summed E-state index contributed by atoms with van der Waals surface area (Å²) in [5, 5.41) is 12.3. The zero-order valence-corrected chi connectivity index (χ0v) is 20.4. The smallest absolute Gasteiger partial charge is 0.356 e. The fraction of sp³-hybridized carbons (Fsp3) is 0.308. The predicted molar refractivity (Wildman–Crippen MR) is 134 cm³/mol. The molecular weight excluding hydrogens is 480 g/mol. The molecule has 2 aromatic carbocycles. The number of nitrogens with zero attached hydrogens (tertiary/aromatic N) is 2. The number of benzene rings is 2. The van der Waals surface area contributed by atoms with E-state index < -0.39 is 30.2 Å². The van der Waals surface area contributed by atoms with Crippen molar-refractivity contribution in [3.8, 4) is 0 Å². The molecule has 2 aliphatic rings. The number of carboxylic acids is 1. The van der Waals surface area contributed by atoms with Crippen molar-refractivity contribution in [3.05, 3.63) is 72.3 Å². The number of anilines is 1. The summed E-state index contributed by atoms with van der Waals surface area (Å²) in [4.78, 5) is 53.0. The molecule has 2 fully saturated rings. The van der Waals surface area contributed by atoms with Gasteiger partial charge in [-0.15, -0.1) is 0 Å². The summed E-state index contributed by atoms with van der Waals surface area (Å²) >= 11 is 0. The minimum Gasteiger partial charge on any atom is -0.478 e. The van der Waals surface area contributed by atoms with Crippen LogP contribution in [0.4, 0.5) is 5.69 Å². The first-order valence-corrected chi connectivity index (χ1v) is 11.7. The molecule has 0 aromatic heterocycles. The Bertz CT molecular complexity index is 1110. The Balaban J connectivity index is 0.000000206. The number of carbonyl (C=O) groups excluding carboxylic acids is 3. The number of carboxylic acid groups (broad SMARTS) is 1. The van der Waals surface area contributed by atoms with Crippen molar-refractivity contribution in [3.63, 3.8) is 0 Å². The van der Waals surface area contributed by atoms with E-state index in [-0.39, 0.29) is 18.6 Å². The van der Waals surface area contributed by atoms with E-state index in [1.807, 2.05) is 60.7 Å². The summed E-state index contributed by atoms with van der Waals surface area (Å²) in [6, 6.07) is 17.4. The van der Waals surface area contributed by atoms with Gasteiger partial charge in [0.1, 0.15) is 6.04 Å². The Hall–Kier alpha value is -4.06. The number of nitrogens with one attached hydrogen (secondary N) is 1. The molecule has 0 aliphatic carbocycles. The number of hydroxylamine groups is 2. The van der Waals surface area contributed by atoms with Crippen LogP contribution in [0, 0.1) is 0 Å². The fourth-order valence-electron chi connectivity index (χ4n) is 3.75. The average Bonchev–Trinajstić information content (AvgIpc) is 3.59. The van der Waals surface area contributed by atoms with Crippen molar-refractivity contribution in [1.82, 2.24) is 9.96 Å². The van der Waals surface area contributed by atoms with Crippen LogP contribution in [0.25, 0.3) is 6.08 Å². The minimum atomic E-state index is -1.39. The molecule has 2 saturated heterocycles. The van der Waals surface area contributed by atoms with Gasteiger partial charge in [0.05, 0.1) is 6.04 Å². The van der Waals surface area contributed by atoms with Crippen molar-refractivity contribution in [2.75, 3.05) is 18.7 Å². The van der Waals surface area contributed by atoms with Crippen molar-refractivity contribution in [1.29, 1.82) is 0 Å². The molecule has 11 nitrogen and oxygen atoms in total. The van der Waals surface area contributed by atoms with Crippen molar-refractivity contribution in [2.45, 2.75) is 38.1 Å². The van der Waals surface area contributed by atoms with Crippen LogP contribution in [0.5, 0.6) is 0 Å². The third-order valence-corrected chi connectivity index (χ3v) is 5.55. The zero-order chi connectivity index (χ0) is 26.8. The molecule has 3 atom stereocenters. The van der Waals surface area contributed by atoms with Crippen molar-refractivity contribution >= 4 is 35.5 Å². The van der Waals surface area contributed by atoms with Crippen LogP contribution in [0.1, 0.15) is 25.3 Å². The maximum atomic E-state index is 12.2. The number of amides is 3. The second kappa shape index (κ2) is 13.3. The van der Waals surface area contributed by atoms with E-state index >= 15 is 0 Å². The quantitative estimate of drug-likeness (QED) is 0.498. The molecule has 2 heterocycles. The predicted octanol–water partition coefficient (Wildman–Crippen LogP) is 1.82. The van der Waals surface area contributed by atoms with Crippen LogP contribution in [-0.4, -0.2) is 70.4 Å². The maximum Gasteiger partial charge on any atom is 0.356 e. The summed E-state index contributed by atoms with van der Waals surface area (Å²) in [5.74, 6) is -2.15. The van der Waals surface area contributed by atoms with Gasteiger partial charge in [-0.25, -0.2) is 9.63 Å².